The van der Waals surface area contributed by atoms with Gasteiger partial charge in [-0.2, -0.15) is 0 Å². The zero-order valence-corrected chi connectivity index (χ0v) is 10.1. The Morgan fingerprint density at radius 1 is 1.71 bits per heavy atom. The summed E-state index contributed by atoms with van der Waals surface area (Å²) in [5.74, 6) is 6.00. The molecule has 5 heteroatoms. The molecule has 0 bridgehead atoms. The molecule has 5 nitrogen and oxygen atoms in total. The summed E-state index contributed by atoms with van der Waals surface area (Å²) in [5, 5.41) is 0. The first-order chi connectivity index (χ1) is 8.26. The Balaban J connectivity index is 2.07. The van der Waals surface area contributed by atoms with Crippen LogP contribution in [0, 0.1) is 0 Å². The third kappa shape index (κ3) is 2.87. The van der Waals surface area contributed by atoms with Crippen molar-refractivity contribution >= 4 is 5.91 Å². The number of nitrogens with two attached hydrogens (primary N) is 1. The summed E-state index contributed by atoms with van der Waals surface area (Å²) < 4.78 is 5.35. The van der Waals surface area contributed by atoms with Crippen LogP contribution in [0.4, 0.5) is 0 Å². The van der Waals surface area contributed by atoms with Crippen LogP contribution in [0.15, 0.2) is 22.8 Å². The average molecular weight is 237 g/mol. The van der Waals surface area contributed by atoms with Crippen LogP contribution in [0.3, 0.4) is 0 Å². The Morgan fingerprint density at radius 2 is 2.47 bits per heavy atom. The monoisotopic (exact) mass is 237 g/mol. The van der Waals surface area contributed by atoms with E-state index < -0.39 is 0 Å². The second kappa shape index (κ2) is 5.33. The van der Waals surface area contributed by atoms with Gasteiger partial charge in [0.25, 0.3) is 5.91 Å². The Kier molecular flexibility index (Phi) is 3.81. The van der Waals surface area contributed by atoms with Gasteiger partial charge in [-0.25, -0.2) is 5.84 Å². The fourth-order valence-electron chi connectivity index (χ4n) is 2.15. The summed E-state index contributed by atoms with van der Waals surface area (Å²) in [6, 6.07) is 4.12. The van der Waals surface area contributed by atoms with Crippen LogP contribution >= 0.6 is 0 Å². The van der Waals surface area contributed by atoms with Gasteiger partial charge in [0.15, 0.2) is 0 Å². The van der Waals surface area contributed by atoms with Crippen LogP contribution in [-0.4, -0.2) is 22.9 Å². The molecule has 2 rings (SSSR count). The molecule has 1 aromatic heterocycles. The normalized spacial score (nSPS) is 17.1. The van der Waals surface area contributed by atoms with E-state index in [4.69, 9.17) is 10.3 Å². The number of amides is 1. The third-order valence-corrected chi connectivity index (χ3v) is 3.17. The van der Waals surface area contributed by atoms with Crippen molar-refractivity contribution in [2.45, 2.75) is 44.8 Å². The van der Waals surface area contributed by atoms with Crippen molar-refractivity contribution in [2.24, 2.45) is 5.84 Å². The third-order valence-electron chi connectivity index (χ3n) is 3.17. The largest absolute Gasteiger partial charge is 0.468 e. The molecule has 0 aliphatic heterocycles. The number of rotatable bonds is 6. The molecule has 0 spiro atoms. The summed E-state index contributed by atoms with van der Waals surface area (Å²) in [7, 11) is 0. The number of nitrogens with one attached hydrogen (secondary N) is 1. The number of hydrazine groups is 1. The van der Waals surface area contributed by atoms with Crippen LogP contribution in [0.1, 0.15) is 31.9 Å². The number of furan rings is 1. The fraction of sp³-hybridized carbons (Fsp3) is 0.583. The van der Waals surface area contributed by atoms with Crippen molar-refractivity contribution in [3.63, 3.8) is 0 Å². The zero-order chi connectivity index (χ0) is 12.3. The van der Waals surface area contributed by atoms with E-state index in [0.29, 0.717) is 12.6 Å². The minimum absolute atomic E-state index is 0.119. The van der Waals surface area contributed by atoms with E-state index in [1.54, 1.807) is 6.26 Å². The predicted octanol–water partition coefficient (Wildman–Crippen LogP) is 1.01. The molecule has 94 valence electrons. The summed E-state index contributed by atoms with van der Waals surface area (Å²) in [5.41, 5.74) is 2.25. The number of carbonyl (C=O) groups is 1. The van der Waals surface area contributed by atoms with Gasteiger partial charge in [0.05, 0.1) is 18.8 Å². The van der Waals surface area contributed by atoms with Gasteiger partial charge in [0, 0.05) is 6.04 Å². The molecule has 1 atom stereocenters. The average Bonchev–Trinajstić information content (AvgIpc) is 3.06. The van der Waals surface area contributed by atoms with Crippen molar-refractivity contribution in [1.82, 2.24) is 10.3 Å². The lowest BCUT2D eigenvalue weighted by atomic mass is 10.1. The van der Waals surface area contributed by atoms with E-state index in [1.807, 2.05) is 19.1 Å². The van der Waals surface area contributed by atoms with E-state index in [-0.39, 0.29) is 11.9 Å². The molecule has 0 aromatic carbocycles. The lowest BCUT2D eigenvalue weighted by molar-refractivity contribution is -0.127. The highest BCUT2D eigenvalue weighted by Crippen LogP contribution is 2.31. The maximum absolute atomic E-state index is 11.7. The molecule has 1 amide bonds. The lowest BCUT2D eigenvalue weighted by Crippen LogP contribution is -2.49. The topological polar surface area (TPSA) is 71.5 Å². The van der Waals surface area contributed by atoms with Crippen LogP contribution in [0.25, 0.3) is 0 Å². The zero-order valence-electron chi connectivity index (χ0n) is 10.1. The highest BCUT2D eigenvalue weighted by Gasteiger charge is 2.36. The molecule has 1 fully saturated rings. The Bertz CT molecular complexity index is 360. The van der Waals surface area contributed by atoms with Gasteiger partial charge in [0.1, 0.15) is 5.76 Å². The SMILES string of the molecule is CCC(C(=O)NN)N(Cc1ccco1)C1CC1. The Morgan fingerprint density at radius 3 is 2.94 bits per heavy atom. The van der Waals surface area contributed by atoms with Gasteiger partial charge in [-0.05, 0) is 31.4 Å². The molecule has 0 radical (unpaired) electrons. The van der Waals surface area contributed by atoms with Crippen molar-refractivity contribution < 1.29 is 9.21 Å². The number of nitrogens with zero attached hydrogens (tertiary/aromatic N) is 1. The second-order valence-electron chi connectivity index (χ2n) is 4.42. The van der Waals surface area contributed by atoms with Crippen molar-refractivity contribution in [1.29, 1.82) is 0 Å². The highest BCUT2D eigenvalue weighted by molar-refractivity contribution is 5.81. The number of carbonyl (C=O) groups excluding carboxylic acids is 1. The summed E-state index contributed by atoms with van der Waals surface area (Å²) in [6.45, 7) is 2.67. The lowest BCUT2D eigenvalue weighted by Gasteiger charge is -2.28. The minimum atomic E-state index is -0.169. The fourth-order valence-corrected chi connectivity index (χ4v) is 2.15. The number of hydrogen-bond donors (Lipinski definition) is 2. The van der Waals surface area contributed by atoms with E-state index >= 15 is 0 Å². The molecule has 1 unspecified atom stereocenters. The molecular weight excluding hydrogens is 218 g/mol. The standard InChI is InChI=1S/C12H19N3O2/c1-2-11(12(16)14-13)15(9-5-6-9)8-10-4-3-7-17-10/h3-4,7,9,11H,2,5-6,8,13H2,1H3,(H,14,16). The van der Waals surface area contributed by atoms with Gasteiger partial charge < -0.3 is 4.42 Å². The molecule has 17 heavy (non-hydrogen) atoms. The summed E-state index contributed by atoms with van der Waals surface area (Å²) >= 11 is 0. The van der Waals surface area contributed by atoms with Crippen molar-refractivity contribution in [3.05, 3.63) is 24.2 Å². The molecule has 1 heterocycles. The van der Waals surface area contributed by atoms with E-state index in [1.165, 1.54) is 0 Å². The van der Waals surface area contributed by atoms with Crippen molar-refractivity contribution in [3.8, 4) is 0 Å². The summed E-state index contributed by atoms with van der Waals surface area (Å²) in [6.07, 6.45) is 4.70. The van der Waals surface area contributed by atoms with E-state index in [0.717, 1.165) is 25.0 Å². The van der Waals surface area contributed by atoms with Crippen molar-refractivity contribution in [2.75, 3.05) is 0 Å². The van der Waals surface area contributed by atoms with Crippen LogP contribution in [0.5, 0.6) is 0 Å². The molecule has 3 N–H and O–H groups in total. The minimum Gasteiger partial charge on any atom is -0.468 e. The van der Waals surface area contributed by atoms with Gasteiger partial charge in [-0.15, -0.1) is 0 Å². The first-order valence-electron chi connectivity index (χ1n) is 6.04. The Labute approximate surface area is 101 Å². The smallest absolute Gasteiger partial charge is 0.251 e. The van der Waals surface area contributed by atoms with Crippen LogP contribution in [-0.2, 0) is 11.3 Å². The quantitative estimate of drug-likeness (QED) is 0.440. The maximum Gasteiger partial charge on any atom is 0.251 e. The van der Waals surface area contributed by atoms with Gasteiger partial charge in [0.2, 0.25) is 0 Å². The number of hydrogen-bond acceptors (Lipinski definition) is 4. The van der Waals surface area contributed by atoms with Gasteiger partial charge in [-0.1, -0.05) is 6.92 Å². The highest BCUT2D eigenvalue weighted by atomic mass is 16.3. The molecular formula is C12H19N3O2. The molecule has 1 saturated carbocycles. The maximum atomic E-state index is 11.7. The predicted molar refractivity (Wildman–Crippen MR) is 63.7 cm³/mol. The molecule has 1 aliphatic rings. The van der Waals surface area contributed by atoms with Gasteiger partial charge >= 0.3 is 0 Å². The molecule has 1 aromatic rings. The second-order valence-corrected chi connectivity index (χ2v) is 4.42. The Hall–Kier alpha value is -1.33. The first kappa shape index (κ1) is 12.1. The summed E-state index contributed by atoms with van der Waals surface area (Å²) in [4.78, 5) is 13.9. The van der Waals surface area contributed by atoms with Crippen LogP contribution in [0.2, 0.25) is 0 Å². The van der Waals surface area contributed by atoms with E-state index in [9.17, 15) is 4.79 Å². The van der Waals surface area contributed by atoms with Crippen LogP contribution < -0.4 is 11.3 Å². The molecule has 0 saturated heterocycles. The first-order valence-corrected chi connectivity index (χ1v) is 6.04. The molecule has 1 aliphatic carbocycles. The van der Waals surface area contributed by atoms with Gasteiger partial charge in [-0.3, -0.25) is 15.1 Å². The van der Waals surface area contributed by atoms with E-state index in [2.05, 4.69) is 10.3 Å².